The second kappa shape index (κ2) is 11.4. The number of carbonyl (C=O) groups is 1. The highest BCUT2D eigenvalue weighted by Crippen LogP contribution is 2.47. The highest BCUT2D eigenvalue weighted by atomic mass is 16.5. The summed E-state index contributed by atoms with van der Waals surface area (Å²) in [7, 11) is 0. The van der Waals surface area contributed by atoms with Gasteiger partial charge in [0, 0.05) is 18.2 Å². The highest BCUT2D eigenvalue weighted by Gasteiger charge is 2.31. The first-order valence-electron chi connectivity index (χ1n) is 12.1. The maximum absolute atomic E-state index is 11.6. The van der Waals surface area contributed by atoms with Crippen LogP contribution in [0, 0.1) is 11.3 Å². The average Bonchev–Trinajstić information content (AvgIpc) is 3.25. The molecule has 0 bridgehead atoms. The molecular weight excluding hydrogens is 438 g/mol. The lowest BCUT2D eigenvalue weighted by molar-refractivity contribution is -0.147. The molecule has 1 aliphatic heterocycles. The standard InChI is InChI=1S/C29H31N3O3/c1-21(2)35-28(33)11-7-4-8-18-34-25-16-17-26-27(19-25)32(24-14-12-22(20-30)13-15-24)29(31-26)23-9-5-3-6-10-23/h3,5-6,9-10,12-17,19,21,29,31H,4,7-8,11,18H2,1-2H3. The third kappa shape index (κ3) is 6.13. The van der Waals surface area contributed by atoms with Crippen molar-refractivity contribution in [1.29, 1.82) is 5.26 Å². The van der Waals surface area contributed by atoms with E-state index in [1.807, 2.05) is 68.4 Å². The second-order valence-corrected chi connectivity index (χ2v) is 8.86. The van der Waals surface area contributed by atoms with Crippen LogP contribution in [0.15, 0.2) is 72.8 Å². The van der Waals surface area contributed by atoms with Crippen LogP contribution in [0.5, 0.6) is 5.75 Å². The minimum atomic E-state index is -0.136. The summed E-state index contributed by atoms with van der Waals surface area (Å²) in [6.07, 6.45) is 2.89. The first kappa shape index (κ1) is 24.2. The van der Waals surface area contributed by atoms with E-state index in [9.17, 15) is 10.1 Å². The predicted octanol–water partition coefficient (Wildman–Crippen LogP) is 6.71. The Bertz CT molecular complexity index is 1170. The molecule has 1 aliphatic rings. The molecule has 35 heavy (non-hydrogen) atoms. The van der Waals surface area contributed by atoms with Crippen LogP contribution in [-0.2, 0) is 9.53 Å². The summed E-state index contributed by atoms with van der Waals surface area (Å²) in [5, 5.41) is 12.8. The number of ether oxygens (including phenoxy) is 2. The Morgan fingerprint density at radius 3 is 2.51 bits per heavy atom. The van der Waals surface area contributed by atoms with E-state index < -0.39 is 0 Å². The van der Waals surface area contributed by atoms with Gasteiger partial charge in [-0.05, 0) is 75.1 Å². The van der Waals surface area contributed by atoms with Crippen LogP contribution < -0.4 is 15.0 Å². The molecule has 0 radical (unpaired) electrons. The summed E-state index contributed by atoms with van der Waals surface area (Å²) in [4.78, 5) is 13.9. The van der Waals surface area contributed by atoms with Gasteiger partial charge in [0.05, 0.1) is 35.7 Å². The van der Waals surface area contributed by atoms with Crippen molar-refractivity contribution in [3.8, 4) is 11.8 Å². The van der Waals surface area contributed by atoms with Gasteiger partial charge in [0.15, 0.2) is 0 Å². The van der Waals surface area contributed by atoms with Gasteiger partial charge < -0.3 is 19.7 Å². The zero-order valence-electron chi connectivity index (χ0n) is 20.2. The molecule has 6 heteroatoms. The molecule has 4 rings (SSSR count). The van der Waals surface area contributed by atoms with E-state index >= 15 is 0 Å². The van der Waals surface area contributed by atoms with Gasteiger partial charge in [0.2, 0.25) is 0 Å². The fourth-order valence-electron chi connectivity index (χ4n) is 4.19. The van der Waals surface area contributed by atoms with E-state index in [0.717, 1.165) is 47.6 Å². The van der Waals surface area contributed by atoms with Crippen molar-refractivity contribution < 1.29 is 14.3 Å². The molecule has 0 fully saturated rings. The number of hydrogen-bond donors (Lipinski definition) is 1. The molecule has 0 saturated heterocycles. The second-order valence-electron chi connectivity index (χ2n) is 8.86. The van der Waals surface area contributed by atoms with Crippen molar-refractivity contribution in [3.05, 3.63) is 83.9 Å². The van der Waals surface area contributed by atoms with Crippen molar-refractivity contribution in [2.75, 3.05) is 16.8 Å². The molecular formula is C29H31N3O3. The van der Waals surface area contributed by atoms with Crippen molar-refractivity contribution in [3.63, 3.8) is 0 Å². The van der Waals surface area contributed by atoms with Crippen molar-refractivity contribution in [1.82, 2.24) is 0 Å². The van der Waals surface area contributed by atoms with Crippen LogP contribution >= 0.6 is 0 Å². The number of fused-ring (bicyclic) bond motifs is 1. The normalized spacial score (nSPS) is 14.2. The van der Waals surface area contributed by atoms with E-state index in [4.69, 9.17) is 9.47 Å². The summed E-state index contributed by atoms with van der Waals surface area (Å²) in [6, 6.07) is 26.2. The Morgan fingerprint density at radius 2 is 1.80 bits per heavy atom. The van der Waals surface area contributed by atoms with Gasteiger partial charge in [-0.2, -0.15) is 5.26 Å². The van der Waals surface area contributed by atoms with Crippen LogP contribution in [0.3, 0.4) is 0 Å². The Balaban J connectivity index is 1.44. The van der Waals surface area contributed by atoms with Gasteiger partial charge >= 0.3 is 5.97 Å². The van der Waals surface area contributed by atoms with Gasteiger partial charge in [-0.15, -0.1) is 0 Å². The van der Waals surface area contributed by atoms with Gasteiger partial charge in [-0.3, -0.25) is 4.79 Å². The van der Waals surface area contributed by atoms with Crippen LogP contribution in [0.1, 0.15) is 56.8 Å². The van der Waals surface area contributed by atoms with Gasteiger partial charge in [-0.25, -0.2) is 0 Å². The molecule has 1 heterocycles. The van der Waals surface area contributed by atoms with Gasteiger partial charge in [-0.1, -0.05) is 30.3 Å². The number of nitriles is 1. The summed E-state index contributed by atoms with van der Waals surface area (Å²) in [6.45, 7) is 4.31. The maximum atomic E-state index is 11.6. The smallest absolute Gasteiger partial charge is 0.306 e. The minimum absolute atomic E-state index is 0.0644. The number of benzene rings is 3. The maximum Gasteiger partial charge on any atom is 0.306 e. The number of unbranched alkanes of at least 4 members (excludes halogenated alkanes) is 2. The zero-order valence-corrected chi connectivity index (χ0v) is 20.2. The van der Waals surface area contributed by atoms with Crippen LogP contribution in [-0.4, -0.2) is 18.7 Å². The van der Waals surface area contributed by atoms with Crippen molar-refractivity contribution >= 4 is 23.0 Å². The number of rotatable bonds is 10. The Kier molecular flexibility index (Phi) is 7.89. The van der Waals surface area contributed by atoms with E-state index in [2.05, 4.69) is 34.5 Å². The predicted molar refractivity (Wildman–Crippen MR) is 138 cm³/mol. The Hall–Kier alpha value is -3.98. The van der Waals surface area contributed by atoms with Gasteiger partial charge in [0.1, 0.15) is 11.9 Å². The number of carbonyl (C=O) groups excluding carboxylic acids is 1. The molecule has 3 aromatic rings. The average molecular weight is 470 g/mol. The lowest BCUT2D eigenvalue weighted by Gasteiger charge is -2.27. The van der Waals surface area contributed by atoms with E-state index in [-0.39, 0.29) is 18.2 Å². The number of nitrogens with zero attached hydrogens (tertiary/aromatic N) is 2. The summed E-state index contributed by atoms with van der Waals surface area (Å²) < 4.78 is 11.2. The van der Waals surface area contributed by atoms with Gasteiger partial charge in [0.25, 0.3) is 0 Å². The molecule has 0 aromatic heterocycles. The van der Waals surface area contributed by atoms with Crippen LogP contribution in [0.25, 0.3) is 0 Å². The Labute approximate surface area is 207 Å². The summed E-state index contributed by atoms with van der Waals surface area (Å²) in [5.41, 5.74) is 4.82. The molecule has 1 unspecified atom stereocenters. The third-order valence-electron chi connectivity index (χ3n) is 5.83. The van der Waals surface area contributed by atoms with Crippen LogP contribution in [0.2, 0.25) is 0 Å². The molecule has 0 spiro atoms. The van der Waals surface area contributed by atoms with E-state index in [1.54, 1.807) is 0 Å². The minimum Gasteiger partial charge on any atom is -0.494 e. The molecule has 0 amide bonds. The number of nitrogens with one attached hydrogen (secondary N) is 1. The van der Waals surface area contributed by atoms with E-state index in [1.165, 1.54) is 0 Å². The molecule has 0 aliphatic carbocycles. The lowest BCUT2D eigenvalue weighted by atomic mass is 10.1. The number of hydrogen-bond acceptors (Lipinski definition) is 6. The first-order valence-corrected chi connectivity index (χ1v) is 12.1. The van der Waals surface area contributed by atoms with Crippen molar-refractivity contribution in [2.45, 2.75) is 51.8 Å². The van der Waals surface area contributed by atoms with Crippen molar-refractivity contribution in [2.24, 2.45) is 0 Å². The van der Waals surface area contributed by atoms with E-state index in [0.29, 0.717) is 18.6 Å². The monoisotopic (exact) mass is 469 g/mol. The first-order chi connectivity index (χ1) is 17.0. The van der Waals surface area contributed by atoms with Crippen LogP contribution in [0.4, 0.5) is 17.1 Å². The molecule has 3 aromatic carbocycles. The molecule has 1 atom stereocenters. The quantitative estimate of drug-likeness (QED) is 0.263. The summed E-state index contributed by atoms with van der Waals surface area (Å²) in [5.74, 6) is 0.667. The summed E-state index contributed by atoms with van der Waals surface area (Å²) >= 11 is 0. The fourth-order valence-corrected chi connectivity index (χ4v) is 4.19. The Morgan fingerprint density at radius 1 is 1.03 bits per heavy atom. The number of anilines is 3. The third-order valence-corrected chi connectivity index (χ3v) is 5.83. The molecule has 180 valence electrons. The highest BCUT2D eigenvalue weighted by molar-refractivity contribution is 5.84. The fraction of sp³-hybridized carbons (Fsp3) is 0.310. The SMILES string of the molecule is CC(C)OC(=O)CCCCCOc1ccc2c(c1)N(c1ccc(C#N)cc1)C(c1ccccc1)N2. The molecule has 0 saturated carbocycles. The lowest BCUT2D eigenvalue weighted by Crippen LogP contribution is -2.23. The zero-order chi connectivity index (χ0) is 24.6. The molecule has 1 N–H and O–H groups in total. The largest absolute Gasteiger partial charge is 0.494 e. The molecule has 6 nitrogen and oxygen atoms in total. The number of esters is 1. The topological polar surface area (TPSA) is 74.6 Å².